The molecule has 0 aliphatic heterocycles. The number of rotatable bonds is 4. The van der Waals surface area contributed by atoms with Crippen LogP contribution in [0.1, 0.15) is 42.0 Å². The maximum atomic E-state index is 10.2. The van der Waals surface area contributed by atoms with Gasteiger partial charge in [-0.3, -0.25) is 9.97 Å². The summed E-state index contributed by atoms with van der Waals surface area (Å²) in [6.07, 6.45) is 4.80. The van der Waals surface area contributed by atoms with E-state index in [0.29, 0.717) is 5.69 Å². The first-order chi connectivity index (χ1) is 8.70. The van der Waals surface area contributed by atoms with E-state index in [1.54, 1.807) is 12.4 Å². The summed E-state index contributed by atoms with van der Waals surface area (Å²) in [6, 6.07) is 8.03. The van der Waals surface area contributed by atoms with Crippen LogP contribution < -0.4 is 0 Å². The van der Waals surface area contributed by atoms with E-state index in [1.165, 1.54) is 5.56 Å². The molecule has 0 fully saturated rings. The van der Waals surface area contributed by atoms with E-state index in [1.807, 2.05) is 19.1 Å². The Hall–Kier alpha value is -1.74. The molecule has 0 saturated carbocycles. The van der Waals surface area contributed by atoms with E-state index in [9.17, 15) is 5.11 Å². The van der Waals surface area contributed by atoms with Crippen molar-refractivity contribution in [2.24, 2.45) is 0 Å². The molecular weight excluding hydrogens is 224 g/mol. The molecule has 0 aliphatic rings. The van der Waals surface area contributed by atoms with Gasteiger partial charge in [0.25, 0.3) is 0 Å². The largest absolute Gasteiger partial charge is 0.382 e. The lowest BCUT2D eigenvalue weighted by Crippen LogP contribution is -2.03. The Morgan fingerprint density at radius 1 is 1.11 bits per heavy atom. The molecule has 1 aromatic carbocycles. The van der Waals surface area contributed by atoms with Crippen molar-refractivity contribution in [2.45, 2.75) is 32.8 Å². The van der Waals surface area contributed by atoms with Crippen molar-refractivity contribution >= 4 is 0 Å². The Morgan fingerprint density at radius 3 is 2.39 bits per heavy atom. The quantitative estimate of drug-likeness (QED) is 0.896. The standard InChI is InChI=1S/C15H18N2O/c1-3-4-12-5-7-13(8-6-12)15(18)14-10-16-11(2)9-17-14/h5-10,15,18H,3-4H2,1-2H3. The van der Waals surface area contributed by atoms with Gasteiger partial charge in [0, 0.05) is 6.20 Å². The van der Waals surface area contributed by atoms with Gasteiger partial charge in [-0.05, 0) is 24.5 Å². The fourth-order valence-corrected chi connectivity index (χ4v) is 1.87. The highest BCUT2D eigenvalue weighted by Gasteiger charge is 2.11. The molecule has 0 bridgehead atoms. The van der Waals surface area contributed by atoms with E-state index >= 15 is 0 Å². The van der Waals surface area contributed by atoms with E-state index in [0.717, 1.165) is 24.1 Å². The number of aromatic nitrogens is 2. The maximum absolute atomic E-state index is 10.2. The van der Waals surface area contributed by atoms with Crippen molar-refractivity contribution in [3.63, 3.8) is 0 Å². The molecule has 3 heteroatoms. The molecule has 2 rings (SSSR count). The maximum Gasteiger partial charge on any atom is 0.123 e. The van der Waals surface area contributed by atoms with Crippen molar-refractivity contribution in [3.8, 4) is 0 Å². The minimum Gasteiger partial charge on any atom is -0.382 e. The van der Waals surface area contributed by atoms with Gasteiger partial charge < -0.3 is 5.11 Å². The first-order valence-corrected chi connectivity index (χ1v) is 6.26. The van der Waals surface area contributed by atoms with Gasteiger partial charge in [0.2, 0.25) is 0 Å². The lowest BCUT2D eigenvalue weighted by molar-refractivity contribution is 0.214. The smallest absolute Gasteiger partial charge is 0.123 e. The number of benzene rings is 1. The zero-order valence-electron chi connectivity index (χ0n) is 10.8. The highest BCUT2D eigenvalue weighted by atomic mass is 16.3. The van der Waals surface area contributed by atoms with Gasteiger partial charge in [-0.25, -0.2) is 0 Å². The predicted molar refractivity (Wildman–Crippen MR) is 71.3 cm³/mol. The Morgan fingerprint density at radius 2 is 1.83 bits per heavy atom. The third kappa shape index (κ3) is 2.93. The number of aryl methyl sites for hydroxylation is 2. The highest BCUT2D eigenvalue weighted by Crippen LogP contribution is 2.20. The van der Waals surface area contributed by atoms with Crippen LogP contribution in [-0.4, -0.2) is 15.1 Å². The van der Waals surface area contributed by atoms with Crippen molar-refractivity contribution in [1.29, 1.82) is 0 Å². The second-order valence-electron chi connectivity index (χ2n) is 4.48. The number of hydrogen-bond acceptors (Lipinski definition) is 3. The summed E-state index contributed by atoms with van der Waals surface area (Å²) in [5.41, 5.74) is 3.59. The molecule has 1 N–H and O–H groups in total. The molecule has 0 saturated heterocycles. The SMILES string of the molecule is CCCc1ccc(C(O)c2cnc(C)cn2)cc1. The van der Waals surface area contributed by atoms with Gasteiger partial charge in [0.1, 0.15) is 6.10 Å². The van der Waals surface area contributed by atoms with Gasteiger partial charge in [-0.2, -0.15) is 0 Å². The molecule has 0 aliphatic carbocycles. The van der Waals surface area contributed by atoms with E-state index in [2.05, 4.69) is 29.0 Å². The first-order valence-electron chi connectivity index (χ1n) is 6.26. The molecule has 1 unspecified atom stereocenters. The second-order valence-corrected chi connectivity index (χ2v) is 4.48. The fraction of sp³-hybridized carbons (Fsp3) is 0.333. The summed E-state index contributed by atoms with van der Waals surface area (Å²) in [6.45, 7) is 4.04. The third-order valence-corrected chi connectivity index (χ3v) is 2.92. The van der Waals surface area contributed by atoms with Crippen LogP contribution in [-0.2, 0) is 6.42 Å². The number of nitrogens with zero attached hydrogens (tertiary/aromatic N) is 2. The van der Waals surface area contributed by atoms with Crippen LogP contribution >= 0.6 is 0 Å². The molecule has 3 nitrogen and oxygen atoms in total. The van der Waals surface area contributed by atoms with Crippen molar-refractivity contribution in [3.05, 3.63) is 59.2 Å². The molecule has 0 radical (unpaired) electrons. The van der Waals surface area contributed by atoms with Gasteiger partial charge in [0.05, 0.1) is 17.6 Å². The Bertz CT molecular complexity index is 491. The van der Waals surface area contributed by atoms with Crippen LogP contribution in [0.15, 0.2) is 36.7 Å². The molecular formula is C15H18N2O. The third-order valence-electron chi connectivity index (χ3n) is 2.92. The molecule has 1 atom stereocenters. The molecule has 1 heterocycles. The molecule has 0 spiro atoms. The minimum atomic E-state index is -0.700. The van der Waals surface area contributed by atoms with Gasteiger partial charge in [-0.15, -0.1) is 0 Å². The fourth-order valence-electron chi connectivity index (χ4n) is 1.87. The summed E-state index contributed by atoms with van der Waals surface area (Å²) in [7, 11) is 0. The predicted octanol–water partition coefficient (Wildman–Crippen LogP) is 2.82. The summed E-state index contributed by atoms with van der Waals surface area (Å²) in [4.78, 5) is 8.35. The van der Waals surface area contributed by atoms with Crippen LogP contribution in [0.5, 0.6) is 0 Å². The van der Waals surface area contributed by atoms with Crippen molar-refractivity contribution < 1.29 is 5.11 Å². The summed E-state index contributed by atoms with van der Waals surface area (Å²) < 4.78 is 0. The normalized spacial score (nSPS) is 12.4. The Labute approximate surface area is 108 Å². The van der Waals surface area contributed by atoms with Crippen molar-refractivity contribution in [2.75, 3.05) is 0 Å². The molecule has 0 amide bonds. The minimum absolute atomic E-state index is 0.587. The zero-order valence-corrected chi connectivity index (χ0v) is 10.8. The lowest BCUT2D eigenvalue weighted by Gasteiger charge is -2.10. The van der Waals surface area contributed by atoms with Crippen LogP contribution in [0.2, 0.25) is 0 Å². The topological polar surface area (TPSA) is 46.0 Å². The summed E-state index contributed by atoms with van der Waals surface area (Å²) >= 11 is 0. The summed E-state index contributed by atoms with van der Waals surface area (Å²) in [5.74, 6) is 0. The van der Waals surface area contributed by atoms with Crippen LogP contribution in [0.4, 0.5) is 0 Å². The number of hydrogen-bond donors (Lipinski definition) is 1. The van der Waals surface area contributed by atoms with Crippen LogP contribution in [0.3, 0.4) is 0 Å². The lowest BCUT2D eigenvalue weighted by atomic mass is 10.0. The molecule has 94 valence electrons. The van der Waals surface area contributed by atoms with Gasteiger partial charge >= 0.3 is 0 Å². The monoisotopic (exact) mass is 242 g/mol. The van der Waals surface area contributed by atoms with E-state index in [-0.39, 0.29) is 0 Å². The number of aliphatic hydroxyl groups is 1. The zero-order chi connectivity index (χ0) is 13.0. The van der Waals surface area contributed by atoms with Crippen molar-refractivity contribution in [1.82, 2.24) is 9.97 Å². The summed E-state index contributed by atoms with van der Waals surface area (Å²) in [5, 5.41) is 10.2. The number of aliphatic hydroxyl groups excluding tert-OH is 1. The van der Waals surface area contributed by atoms with Crippen LogP contribution in [0, 0.1) is 6.92 Å². The van der Waals surface area contributed by atoms with Gasteiger partial charge in [0.15, 0.2) is 0 Å². The van der Waals surface area contributed by atoms with Gasteiger partial charge in [-0.1, -0.05) is 37.6 Å². The Balaban J connectivity index is 2.17. The first kappa shape index (κ1) is 12.7. The molecule has 2 aromatic rings. The van der Waals surface area contributed by atoms with E-state index < -0.39 is 6.10 Å². The Kier molecular flexibility index (Phi) is 4.05. The second kappa shape index (κ2) is 5.74. The van der Waals surface area contributed by atoms with E-state index in [4.69, 9.17) is 0 Å². The average Bonchev–Trinajstić information content (AvgIpc) is 2.40. The molecule has 1 aromatic heterocycles. The highest BCUT2D eigenvalue weighted by molar-refractivity contribution is 5.28. The molecule has 18 heavy (non-hydrogen) atoms. The van der Waals surface area contributed by atoms with Crippen LogP contribution in [0.25, 0.3) is 0 Å². The average molecular weight is 242 g/mol.